The van der Waals surface area contributed by atoms with Crippen molar-refractivity contribution in [2.24, 2.45) is 0 Å². The Bertz CT molecular complexity index is 1090. The monoisotopic (exact) mass is 474 g/mol. The van der Waals surface area contributed by atoms with Crippen LogP contribution in [-0.4, -0.2) is 77.6 Å². The van der Waals surface area contributed by atoms with Gasteiger partial charge in [0.15, 0.2) is 23.1 Å². The number of carbonyl (C=O) groups is 1. The van der Waals surface area contributed by atoms with Gasteiger partial charge in [0.1, 0.15) is 6.23 Å². The van der Waals surface area contributed by atoms with Crippen LogP contribution in [0.3, 0.4) is 0 Å². The van der Waals surface area contributed by atoms with Gasteiger partial charge in [-0.1, -0.05) is 0 Å². The number of hydrogen-bond acceptors (Lipinski definition) is 7. The smallest absolute Gasteiger partial charge is 0.211 e. The zero-order valence-corrected chi connectivity index (χ0v) is 19.6. The fourth-order valence-electron chi connectivity index (χ4n) is 3.86. The number of aromatic nitrogens is 4. The summed E-state index contributed by atoms with van der Waals surface area (Å²) in [6.07, 6.45) is 5.07. The predicted octanol–water partition coefficient (Wildman–Crippen LogP) is 3.18. The van der Waals surface area contributed by atoms with E-state index in [1.165, 1.54) is 6.07 Å². The topological polar surface area (TPSA) is 107 Å². The molecule has 0 aliphatic carbocycles. The molecule has 10 nitrogen and oxygen atoms in total. The molecule has 1 aromatic carbocycles. The minimum absolute atomic E-state index is 0.149. The second-order valence-electron chi connectivity index (χ2n) is 8.19. The number of nitrogens with one attached hydrogen (secondary N) is 2. The van der Waals surface area contributed by atoms with Crippen molar-refractivity contribution in [3.05, 3.63) is 24.1 Å². The molecule has 34 heavy (non-hydrogen) atoms. The Hall–Kier alpha value is -3.02. The number of likely N-dealkylation sites (N-methyl/N-ethyl adjacent to an activating group) is 1. The molecule has 1 atom stereocenters. The summed E-state index contributed by atoms with van der Waals surface area (Å²) < 4.78 is 31.9. The number of halogens is 1. The van der Waals surface area contributed by atoms with E-state index in [9.17, 15) is 9.18 Å². The Morgan fingerprint density at radius 3 is 2.76 bits per heavy atom. The standard InChI is InChI=1S/C18H20FN5O3.C5H11NO/c1-2-26-15-8-13-12(7-11(15)19)21-18(22-13)17-14(20-10-25)9-24(23-17)16-5-3-4-6-27-16;1-6-2-4-7-5-3-6/h7-10,16H,2-6H2,1H3,(H,20,25)(H,21,22);2-5H2,1H3. The highest BCUT2D eigenvalue weighted by molar-refractivity contribution is 5.85. The van der Waals surface area contributed by atoms with E-state index in [1.807, 2.05) is 0 Å². The van der Waals surface area contributed by atoms with E-state index in [4.69, 9.17) is 14.2 Å². The maximum Gasteiger partial charge on any atom is 0.211 e. The van der Waals surface area contributed by atoms with Gasteiger partial charge in [-0.2, -0.15) is 5.10 Å². The van der Waals surface area contributed by atoms with Crippen LogP contribution in [-0.2, 0) is 14.3 Å². The van der Waals surface area contributed by atoms with Crippen LogP contribution in [0.15, 0.2) is 18.3 Å². The summed E-state index contributed by atoms with van der Waals surface area (Å²) in [7, 11) is 2.11. The fourth-order valence-corrected chi connectivity index (χ4v) is 3.86. The highest BCUT2D eigenvalue weighted by Crippen LogP contribution is 2.31. The molecule has 2 aliphatic rings. The van der Waals surface area contributed by atoms with Crippen molar-refractivity contribution in [1.82, 2.24) is 24.6 Å². The molecule has 2 fully saturated rings. The number of rotatable bonds is 6. The molecule has 184 valence electrons. The molecule has 1 unspecified atom stereocenters. The third kappa shape index (κ3) is 5.72. The van der Waals surface area contributed by atoms with Gasteiger partial charge in [-0.25, -0.2) is 14.1 Å². The average molecular weight is 475 g/mol. The van der Waals surface area contributed by atoms with Crippen LogP contribution in [0.25, 0.3) is 22.6 Å². The van der Waals surface area contributed by atoms with Crippen molar-refractivity contribution in [3.63, 3.8) is 0 Å². The van der Waals surface area contributed by atoms with Crippen LogP contribution in [0.4, 0.5) is 10.1 Å². The fraction of sp³-hybridized carbons (Fsp3) is 0.522. The minimum atomic E-state index is -0.466. The Kier molecular flexibility index (Phi) is 8.09. The van der Waals surface area contributed by atoms with Crippen molar-refractivity contribution >= 4 is 23.1 Å². The second kappa shape index (κ2) is 11.4. The number of imidazole rings is 1. The summed E-state index contributed by atoms with van der Waals surface area (Å²) >= 11 is 0. The first kappa shape index (κ1) is 24.1. The number of H-pyrrole nitrogens is 1. The zero-order valence-electron chi connectivity index (χ0n) is 19.6. The molecule has 0 bridgehead atoms. The van der Waals surface area contributed by atoms with Gasteiger partial charge in [0.2, 0.25) is 6.41 Å². The van der Waals surface area contributed by atoms with Crippen molar-refractivity contribution in [3.8, 4) is 17.3 Å². The van der Waals surface area contributed by atoms with E-state index in [1.54, 1.807) is 23.9 Å². The van der Waals surface area contributed by atoms with Crippen molar-refractivity contribution in [2.45, 2.75) is 32.4 Å². The van der Waals surface area contributed by atoms with Gasteiger partial charge in [0.05, 0.1) is 42.7 Å². The molecule has 2 saturated heterocycles. The lowest BCUT2D eigenvalue weighted by molar-refractivity contribution is -0.105. The van der Waals surface area contributed by atoms with Crippen LogP contribution >= 0.6 is 0 Å². The highest BCUT2D eigenvalue weighted by atomic mass is 19.1. The number of aromatic amines is 1. The molecule has 2 aromatic heterocycles. The van der Waals surface area contributed by atoms with Crippen molar-refractivity contribution in [2.75, 3.05) is 51.9 Å². The summed E-state index contributed by atoms with van der Waals surface area (Å²) in [5.74, 6) is 0.110. The maximum atomic E-state index is 14.1. The molecular weight excluding hydrogens is 443 g/mol. The Morgan fingerprint density at radius 2 is 2.12 bits per heavy atom. The number of morpholine rings is 1. The quantitative estimate of drug-likeness (QED) is 0.529. The zero-order chi connectivity index (χ0) is 23.9. The van der Waals surface area contributed by atoms with E-state index in [0.717, 1.165) is 45.6 Å². The second-order valence-corrected chi connectivity index (χ2v) is 8.19. The van der Waals surface area contributed by atoms with Crippen LogP contribution in [0.2, 0.25) is 0 Å². The molecule has 0 spiro atoms. The number of fused-ring (bicyclic) bond motifs is 1. The molecular formula is C23H31FN6O4. The number of carbonyl (C=O) groups excluding carboxylic acids is 1. The van der Waals surface area contributed by atoms with Gasteiger partial charge < -0.3 is 29.4 Å². The largest absolute Gasteiger partial charge is 0.491 e. The van der Waals surface area contributed by atoms with Gasteiger partial charge in [0, 0.05) is 31.8 Å². The lowest BCUT2D eigenvalue weighted by atomic mass is 10.2. The lowest BCUT2D eigenvalue weighted by Crippen LogP contribution is -2.32. The van der Waals surface area contributed by atoms with Crippen LogP contribution in [0.5, 0.6) is 5.75 Å². The van der Waals surface area contributed by atoms with Gasteiger partial charge in [-0.05, 0) is 33.2 Å². The summed E-state index contributed by atoms with van der Waals surface area (Å²) in [5, 5.41) is 7.19. The first-order valence-electron chi connectivity index (χ1n) is 11.6. The van der Waals surface area contributed by atoms with Gasteiger partial charge in [-0.15, -0.1) is 0 Å². The number of ether oxygens (including phenoxy) is 3. The lowest BCUT2D eigenvalue weighted by Gasteiger charge is -2.22. The SMILES string of the molecule is CCOc1cc2nc(-c3nn(C4CCCCO4)cc3NC=O)[nH]c2cc1F.CN1CCOCC1. The normalized spacial score (nSPS) is 18.9. The molecule has 1 amide bonds. The Morgan fingerprint density at radius 1 is 1.29 bits per heavy atom. The van der Waals surface area contributed by atoms with Crippen LogP contribution < -0.4 is 10.1 Å². The summed E-state index contributed by atoms with van der Waals surface area (Å²) in [6, 6.07) is 2.88. The van der Waals surface area contributed by atoms with Gasteiger partial charge in [-0.3, -0.25) is 4.79 Å². The third-order valence-corrected chi connectivity index (χ3v) is 5.69. The Labute approximate surface area is 197 Å². The first-order valence-corrected chi connectivity index (χ1v) is 11.6. The number of nitrogens with zero attached hydrogens (tertiary/aromatic N) is 4. The minimum Gasteiger partial charge on any atom is -0.491 e. The molecule has 0 saturated carbocycles. The van der Waals surface area contributed by atoms with Crippen molar-refractivity contribution < 1.29 is 23.4 Å². The van der Waals surface area contributed by atoms with Crippen molar-refractivity contribution in [1.29, 1.82) is 0 Å². The maximum absolute atomic E-state index is 14.1. The molecule has 5 rings (SSSR count). The summed E-state index contributed by atoms with van der Waals surface area (Å²) in [6.45, 7) is 6.85. The number of benzene rings is 1. The molecule has 0 radical (unpaired) electrons. The molecule has 2 aliphatic heterocycles. The molecule has 11 heteroatoms. The third-order valence-electron chi connectivity index (χ3n) is 5.69. The number of anilines is 1. The predicted molar refractivity (Wildman–Crippen MR) is 125 cm³/mol. The van der Waals surface area contributed by atoms with E-state index >= 15 is 0 Å². The van der Waals surface area contributed by atoms with E-state index < -0.39 is 5.82 Å². The van der Waals surface area contributed by atoms with Crippen LogP contribution in [0, 0.1) is 5.82 Å². The molecule has 4 heterocycles. The first-order chi connectivity index (χ1) is 16.6. The van der Waals surface area contributed by atoms with E-state index in [2.05, 4.69) is 32.3 Å². The Balaban J connectivity index is 0.000000336. The van der Waals surface area contributed by atoms with E-state index in [-0.39, 0.29) is 12.0 Å². The molecule has 2 N–H and O–H groups in total. The van der Waals surface area contributed by atoms with E-state index in [0.29, 0.717) is 47.9 Å². The summed E-state index contributed by atoms with van der Waals surface area (Å²) in [5.41, 5.74) is 2.04. The van der Waals surface area contributed by atoms with Crippen LogP contribution in [0.1, 0.15) is 32.4 Å². The van der Waals surface area contributed by atoms with Gasteiger partial charge in [0.25, 0.3) is 0 Å². The molecule has 3 aromatic rings. The average Bonchev–Trinajstić information content (AvgIpc) is 3.45. The summed E-state index contributed by atoms with van der Waals surface area (Å²) in [4.78, 5) is 20.8. The number of amides is 1. The number of hydrogen-bond donors (Lipinski definition) is 2. The van der Waals surface area contributed by atoms with Gasteiger partial charge >= 0.3 is 0 Å². The highest BCUT2D eigenvalue weighted by Gasteiger charge is 2.22.